The molecule has 1 heterocycles. The molecule has 0 atom stereocenters. The molecule has 0 aliphatic carbocycles. The molecule has 0 amide bonds. The summed E-state index contributed by atoms with van der Waals surface area (Å²) in [4.78, 5) is 10.1. The Kier molecular flexibility index (Phi) is 9.70. The lowest BCUT2D eigenvalue weighted by atomic mass is 10.1. The molecule has 1 aromatic carbocycles. The number of guanidine groups is 1. The van der Waals surface area contributed by atoms with Gasteiger partial charge in [0.25, 0.3) is 0 Å². The molecule has 0 saturated heterocycles. The summed E-state index contributed by atoms with van der Waals surface area (Å²) in [5.41, 5.74) is 1.27. The minimum atomic E-state index is 0. The second-order valence-electron chi connectivity index (χ2n) is 5.08. The highest BCUT2D eigenvalue weighted by molar-refractivity contribution is 14.0. The van der Waals surface area contributed by atoms with Crippen LogP contribution < -0.4 is 15.4 Å². The summed E-state index contributed by atoms with van der Waals surface area (Å²) in [6, 6.07) is 8.14. The Morgan fingerprint density at radius 2 is 2.00 bits per heavy atom. The lowest BCUT2D eigenvalue weighted by Gasteiger charge is -2.11. The summed E-state index contributed by atoms with van der Waals surface area (Å²) in [6.07, 6.45) is 2.82. The second-order valence-corrected chi connectivity index (χ2v) is 6.40. The SMILES string of the molecule is CCNC(=NCc1ncc(C)s1)NCCc1ccc(OC)cc1.I. The number of hydrogen-bond donors (Lipinski definition) is 2. The maximum absolute atomic E-state index is 5.17. The third-order valence-electron chi connectivity index (χ3n) is 3.25. The zero-order valence-corrected chi connectivity index (χ0v) is 17.5. The molecule has 0 saturated carbocycles. The summed E-state index contributed by atoms with van der Waals surface area (Å²) >= 11 is 1.69. The number of aromatic nitrogens is 1. The lowest BCUT2D eigenvalue weighted by Crippen LogP contribution is -2.38. The van der Waals surface area contributed by atoms with E-state index in [-0.39, 0.29) is 24.0 Å². The monoisotopic (exact) mass is 460 g/mol. The highest BCUT2D eigenvalue weighted by atomic mass is 127. The molecule has 1 aromatic heterocycles. The van der Waals surface area contributed by atoms with E-state index in [1.165, 1.54) is 10.4 Å². The molecule has 0 spiro atoms. The number of nitrogens with one attached hydrogen (secondary N) is 2. The smallest absolute Gasteiger partial charge is 0.191 e. The zero-order valence-electron chi connectivity index (χ0n) is 14.3. The molecule has 0 bridgehead atoms. The molecule has 7 heteroatoms. The van der Waals surface area contributed by atoms with Crippen molar-refractivity contribution in [2.24, 2.45) is 4.99 Å². The van der Waals surface area contributed by atoms with E-state index in [1.54, 1.807) is 18.4 Å². The molecule has 0 aliphatic rings. The van der Waals surface area contributed by atoms with E-state index < -0.39 is 0 Å². The highest BCUT2D eigenvalue weighted by Gasteiger charge is 2.01. The highest BCUT2D eigenvalue weighted by Crippen LogP contribution is 2.12. The number of nitrogens with zero attached hydrogens (tertiary/aromatic N) is 2. The van der Waals surface area contributed by atoms with E-state index in [1.807, 2.05) is 18.3 Å². The first-order valence-corrected chi connectivity index (χ1v) is 8.59. The van der Waals surface area contributed by atoms with Crippen molar-refractivity contribution in [1.29, 1.82) is 0 Å². The van der Waals surface area contributed by atoms with Crippen LogP contribution in [-0.2, 0) is 13.0 Å². The normalized spacial score (nSPS) is 10.9. The number of benzene rings is 1. The molecule has 2 rings (SSSR count). The van der Waals surface area contributed by atoms with Crippen LogP contribution in [0.1, 0.15) is 22.4 Å². The Morgan fingerprint density at radius 1 is 1.25 bits per heavy atom. The number of aryl methyl sites for hydroxylation is 1. The Hall–Kier alpha value is -1.35. The number of aliphatic imine (C=N–C) groups is 1. The molecule has 0 unspecified atom stereocenters. The minimum absolute atomic E-state index is 0. The van der Waals surface area contributed by atoms with Crippen LogP contribution in [0.5, 0.6) is 5.75 Å². The second kappa shape index (κ2) is 11.2. The van der Waals surface area contributed by atoms with Gasteiger partial charge in [0, 0.05) is 24.2 Å². The van der Waals surface area contributed by atoms with Crippen molar-refractivity contribution < 1.29 is 4.74 Å². The predicted octanol–water partition coefficient (Wildman–Crippen LogP) is 3.38. The van der Waals surface area contributed by atoms with Gasteiger partial charge in [-0.1, -0.05) is 12.1 Å². The van der Waals surface area contributed by atoms with E-state index in [9.17, 15) is 0 Å². The number of thiazole rings is 1. The van der Waals surface area contributed by atoms with Crippen LogP contribution in [-0.4, -0.2) is 31.1 Å². The van der Waals surface area contributed by atoms with E-state index >= 15 is 0 Å². The Bertz CT molecular complexity index is 628. The third-order valence-corrected chi connectivity index (χ3v) is 4.15. The molecule has 5 nitrogen and oxygen atoms in total. The molecule has 2 aromatic rings. The predicted molar refractivity (Wildman–Crippen MR) is 112 cm³/mol. The van der Waals surface area contributed by atoms with Gasteiger partial charge >= 0.3 is 0 Å². The Balaban J connectivity index is 0.00000288. The van der Waals surface area contributed by atoms with Crippen LogP contribution in [0.2, 0.25) is 0 Å². The van der Waals surface area contributed by atoms with Crippen LogP contribution in [0.4, 0.5) is 0 Å². The first-order valence-electron chi connectivity index (χ1n) is 7.77. The summed E-state index contributed by atoms with van der Waals surface area (Å²) in [6.45, 7) is 6.40. The van der Waals surface area contributed by atoms with E-state index in [0.29, 0.717) is 6.54 Å². The molecule has 0 aliphatic heterocycles. The fourth-order valence-electron chi connectivity index (χ4n) is 2.08. The van der Waals surface area contributed by atoms with Gasteiger partial charge in [-0.3, -0.25) is 0 Å². The molecule has 0 fully saturated rings. The maximum Gasteiger partial charge on any atom is 0.191 e. The minimum Gasteiger partial charge on any atom is -0.497 e. The summed E-state index contributed by atoms with van der Waals surface area (Å²) < 4.78 is 5.17. The van der Waals surface area contributed by atoms with E-state index in [2.05, 4.69) is 46.6 Å². The molecule has 2 N–H and O–H groups in total. The van der Waals surface area contributed by atoms with Crippen molar-refractivity contribution in [3.05, 3.63) is 45.9 Å². The molecule has 24 heavy (non-hydrogen) atoms. The topological polar surface area (TPSA) is 58.5 Å². The first-order chi connectivity index (χ1) is 11.2. The zero-order chi connectivity index (χ0) is 16.5. The van der Waals surface area contributed by atoms with Gasteiger partial charge in [0.05, 0.1) is 13.7 Å². The van der Waals surface area contributed by atoms with E-state index in [4.69, 9.17) is 4.74 Å². The first kappa shape index (κ1) is 20.7. The van der Waals surface area contributed by atoms with Crippen molar-refractivity contribution in [3.63, 3.8) is 0 Å². The van der Waals surface area contributed by atoms with Gasteiger partial charge < -0.3 is 15.4 Å². The summed E-state index contributed by atoms with van der Waals surface area (Å²) in [5.74, 6) is 1.71. The standard InChI is InChI=1S/C17H24N4OS.HI/c1-4-18-17(21-12-16-20-11-13(2)23-16)19-10-9-14-5-7-15(22-3)8-6-14;/h5-8,11H,4,9-10,12H2,1-3H3,(H2,18,19,21);1H. The van der Waals surface area contributed by atoms with Crippen LogP contribution >= 0.6 is 35.3 Å². The Morgan fingerprint density at radius 3 is 2.58 bits per heavy atom. The van der Waals surface area contributed by atoms with Crippen molar-refractivity contribution >= 4 is 41.3 Å². The maximum atomic E-state index is 5.17. The third kappa shape index (κ3) is 7.04. The van der Waals surface area contributed by atoms with Crippen LogP contribution in [0.15, 0.2) is 35.5 Å². The van der Waals surface area contributed by atoms with Gasteiger partial charge in [0.1, 0.15) is 10.8 Å². The van der Waals surface area contributed by atoms with Crippen molar-refractivity contribution in [2.45, 2.75) is 26.8 Å². The molecular weight excluding hydrogens is 435 g/mol. The fourth-order valence-corrected chi connectivity index (χ4v) is 2.79. The van der Waals surface area contributed by atoms with Gasteiger partial charge in [-0.05, 0) is 38.0 Å². The molecular formula is C17H25IN4OS. The van der Waals surface area contributed by atoms with Crippen LogP contribution in [0.3, 0.4) is 0 Å². The quantitative estimate of drug-likeness (QED) is 0.378. The molecule has 0 radical (unpaired) electrons. The van der Waals surface area contributed by atoms with Gasteiger partial charge in [0.2, 0.25) is 0 Å². The largest absolute Gasteiger partial charge is 0.497 e. The summed E-state index contributed by atoms with van der Waals surface area (Å²) in [5, 5.41) is 7.66. The molecule has 132 valence electrons. The van der Waals surface area contributed by atoms with Crippen molar-refractivity contribution in [2.75, 3.05) is 20.2 Å². The average Bonchev–Trinajstić information content (AvgIpc) is 2.99. The number of ether oxygens (including phenoxy) is 1. The lowest BCUT2D eigenvalue weighted by molar-refractivity contribution is 0.414. The fraction of sp³-hybridized carbons (Fsp3) is 0.412. The number of halogens is 1. The van der Waals surface area contributed by atoms with Gasteiger partial charge in [-0.2, -0.15) is 0 Å². The number of rotatable bonds is 7. The van der Waals surface area contributed by atoms with Gasteiger partial charge in [-0.25, -0.2) is 9.98 Å². The van der Waals surface area contributed by atoms with Crippen LogP contribution in [0, 0.1) is 6.92 Å². The van der Waals surface area contributed by atoms with Crippen LogP contribution in [0.25, 0.3) is 0 Å². The number of methoxy groups -OCH3 is 1. The van der Waals surface area contributed by atoms with Crippen molar-refractivity contribution in [1.82, 2.24) is 15.6 Å². The average molecular weight is 460 g/mol. The van der Waals surface area contributed by atoms with E-state index in [0.717, 1.165) is 36.2 Å². The number of hydrogen-bond acceptors (Lipinski definition) is 4. The van der Waals surface area contributed by atoms with Crippen molar-refractivity contribution in [3.8, 4) is 5.75 Å². The van der Waals surface area contributed by atoms with Gasteiger partial charge in [0.15, 0.2) is 5.96 Å². The summed E-state index contributed by atoms with van der Waals surface area (Å²) in [7, 11) is 1.68. The van der Waals surface area contributed by atoms with Gasteiger partial charge in [-0.15, -0.1) is 35.3 Å². The Labute approximate surface area is 165 Å².